The number of hydrogen-bond acceptors (Lipinski definition) is 3. The van der Waals surface area contributed by atoms with Gasteiger partial charge >= 0.3 is 0 Å². The van der Waals surface area contributed by atoms with Crippen molar-refractivity contribution in [3.05, 3.63) is 40.4 Å². The number of aryl methyl sites for hydroxylation is 1. The number of carbonyl (C=O) groups excluding carboxylic acids is 1. The lowest BCUT2D eigenvalue weighted by molar-refractivity contribution is -0.119. The highest BCUT2D eigenvalue weighted by atomic mass is 35.5. The number of aromatic nitrogens is 2. The van der Waals surface area contributed by atoms with Crippen molar-refractivity contribution < 1.29 is 9.18 Å². The summed E-state index contributed by atoms with van der Waals surface area (Å²) >= 11 is 6.07. The van der Waals surface area contributed by atoms with E-state index < -0.39 is 11.9 Å². The van der Waals surface area contributed by atoms with Crippen LogP contribution in [-0.4, -0.2) is 15.7 Å². The molecule has 1 atom stereocenters. The molecule has 1 unspecified atom stereocenters. The lowest BCUT2D eigenvalue weighted by Gasteiger charge is -2.15. The van der Waals surface area contributed by atoms with Gasteiger partial charge in [0.05, 0.1) is 27.8 Å². The van der Waals surface area contributed by atoms with Gasteiger partial charge in [0.15, 0.2) is 0 Å². The third-order valence-corrected chi connectivity index (χ3v) is 3.80. The van der Waals surface area contributed by atoms with Gasteiger partial charge in [0, 0.05) is 0 Å². The standard InChI is InChI=1S/C14H16ClFN4O/c1-7-13(15)8(2)20(19-7)9(3)14(21)18-12-5-4-10(16)6-11(12)17/h4-6,9H,17H2,1-3H3,(H,18,21). The number of nitrogens with two attached hydrogens (primary N) is 1. The van der Waals surface area contributed by atoms with Crippen LogP contribution >= 0.6 is 11.6 Å². The maximum atomic E-state index is 13.0. The molecule has 0 aliphatic rings. The average Bonchev–Trinajstić information content (AvgIpc) is 2.68. The molecule has 0 aliphatic heterocycles. The van der Waals surface area contributed by atoms with Crippen LogP contribution < -0.4 is 11.1 Å². The zero-order valence-corrected chi connectivity index (χ0v) is 12.7. The van der Waals surface area contributed by atoms with E-state index in [1.165, 1.54) is 12.1 Å². The lowest BCUT2D eigenvalue weighted by Crippen LogP contribution is -2.25. The van der Waals surface area contributed by atoms with Crippen molar-refractivity contribution in [2.75, 3.05) is 11.1 Å². The van der Waals surface area contributed by atoms with E-state index in [1.54, 1.807) is 25.5 Å². The van der Waals surface area contributed by atoms with E-state index in [0.717, 1.165) is 6.07 Å². The number of halogens is 2. The zero-order chi connectivity index (χ0) is 15.7. The minimum atomic E-state index is -0.569. The maximum Gasteiger partial charge on any atom is 0.249 e. The van der Waals surface area contributed by atoms with Crippen LogP contribution in [0.2, 0.25) is 5.02 Å². The fourth-order valence-electron chi connectivity index (χ4n) is 2.02. The first kappa shape index (κ1) is 15.3. The molecule has 0 fully saturated rings. The normalized spacial score (nSPS) is 12.2. The molecule has 0 aliphatic carbocycles. The molecule has 1 aromatic heterocycles. The maximum absolute atomic E-state index is 13.0. The van der Waals surface area contributed by atoms with Gasteiger partial charge in [0.25, 0.3) is 0 Å². The number of nitrogens with one attached hydrogen (secondary N) is 1. The fraction of sp³-hybridized carbons (Fsp3) is 0.286. The summed E-state index contributed by atoms with van der Waals surface area (Å²) in [7, 11) is 0. The largest absolute Gasteiger partial charge is 0.397 e. The number of carbonyl (C=O) groups is 1. The Morgan fingerprint density at radius 3 is 2.67 bits per heavy atom. The first-order valence-electron chi connectivity index (χ1n) is 6.38. The van der Waals surface area contributed by atoms with Crippen LogP contribution in [-0.2, 0) is 4.79 Å². The third kappa shape index (κ3) is 3.00. The average molecular weight is 311 g/mol. The van der Waals surface area contributed by atoms with Crippen LogP contribution in [0.25, 0.3) is 0 Å². The van der Waals surface area contributed by atoms with Crippen molar-refractivity contribution in [2.45, 2.75) is 26.8 Å². The van der Waals surface area contributed by atoms with E-state index in [-0.39, 0.29) is 11.6 Å². The van der Waals surface area contributed by atoms with Crippen molar-refractivity contribution in [1.82, 2.24) is 9.78 Å². The predicted molar refractivity (Wildman–Crippen MR) is 80.9 cm³/mol. The van der Waals surface area contributed by atoms with Crippen LogP contribution in [0.1, 0.15) is 24.4 Å². The molecule has 7 heteroatoms. The van der Waals surface area contributed by atoms with Gasteiger partial charge < -0.3 is 11.1 Å². The van der Waals surface area contributed by atoms with Gasteiger partial charge in [0.1, 0.15) is 11.9 Å². The van der Waals surface area contributed by atoms with E-state index in [2.05, 4.69) is 10.4 Å². The third-order valence-electron chi connectivity index (χ3n) is 3.25. The molecule has 0 saturated carbocycles. The molecule has 2 aromatic rings. The van der Waals surface area contributed by atoms with Crippen LogP contribution in [0.3, 0.4) is 0 Å². The van der Waals surface area contributed by atoms with E-state index in [0.29, 0.717) is 22.1 Å². The van der Waals surface area contributed by atoms with Crippen LogP contribution in [0, 0.1) is 19.7 Å². The second kappa shape index (κ2) is 5.73. The lowest BCUT2D eigenvalue weighted by atomic mass is 10.2. The summed E-state index contributed by atoms with van der Waals surface area (Å²) in [5, 5.41) is 7.44. The summed E-state index contributed by atoms with van der Waals surface area (Å²) in [4.78, 5) is 12.3. The number of benzene rings is 1. The highest BCUT2D eigenvalue weighted by Gasteiger charge is 2.21. The Balaban J connectivity index is 2.21. The topological polar surface area (TPSA) is 72.9 Å². The molecular weight excluding hydrogens is 295 g/mol. The van der Waals surface area contributed by atoms with Crippen LogP contribution in [0.5, 0.6) is 0 Å². The van der Waals surface area contributed by atoms with Crippen molar-refractivity contribution >= 4 is 28.9 Å². The van der Waals surface area contributed by atoms with Crippen molar-refractivity contribution in [2.24, 2.45) is 0 Å². The Morgan fingerprint density at radius 2 is 2.14 bits per heavy atom. The molecule has 0 bridgehead atoms. The van der Waals surface area contributed by atoms with E-state index >= 15 is 0 Å². The molecule has 0 saturated heterocycles. The molecular formula is C14H16ClFN4O. The van der Waals surface area contributed by atoms with Gasteiger partial charge in [-0.25, -0.2) is 4.39 Å². The Kier molecular flexibility index (Phi) is 4.18. The highest BCUT2D eigenvalue weighted by molar-refractivity contribution is 6.31. The van der Waals surface area contributed by atoms with Gasteiger partial charge in [-0.1, -0.05) is 11.6 Å². The van der Waals surface area contributed by atoms with Gasteiger partial charge in [-0.2, -0.15) is 5.10 Å². The highest BCUT2D eigenvalue weighted by Crippen LogP contribution is 2.24. The molecule has 1 amide bonds. The van der Waals surface area contributed by atoms with E-state index in [9.17, 15) is 9.18 Å². The SMILES string of the molecule is Cc1nn(C(C)C(=O)Nc2ccc(F)cc2N)c(C)c1Cl. The minimum Gasteiger partial charge on any atom is -0.397 e. The number of nitrogens with zero attached hydrogens (tertiary/aromatic N) is 2. The van der Waals surface area contributed by atoms with Crippen molar-refractivity contribution in [1.29, 1.82) is 0 Å². The van der Waals surface area contributed by atoms with Crippen molar-refractivity contribution in [3.63, 3.8) is 0 Å². The molecule has 2 rings (SSSR count). The second-order valence-electron chi connectivity index (χ2n) is 4.83. The smallest absolute Gasteiger partial charge is 0.249 e. The summed E-state index contributed by atoms with van der Waals surface area (Å²) < 4.78 is 14.5. The molecule has 21 heavy (non-hydrogen) atoms. The summed E-state index contributed by atoms with van der Waals surface area (Å²) in [5.74, 6) is -0.764. The summed E-state index contributed by atoms with van der Waals surface area (Å²) in [5.41, 5.74) is 7.57. The summed E-state index contributed by atoms with van der Waals surface area (Å²) in [6.07, 6.45) is 0. The number of hydrogen-bond donors (Lipinski definition) is 2. The van der Waals surface area contributed by atoms with Gasteiger partial charge in [-0.3, -0.25) is 9.48 Å². The molecule has 0 radical (unpaired) electrons. The summed E-state index contributed by atoms with van der Waals surface area (Å²) in [6, 6.07) is 3.24. The van der Waals surface area contributed by atoms with Gasteiger partial charge in [0.2, 0.25) is 5.91 Å². The van der Waals surface area contributed by atoms with Crippen LogP contribution in [0.4, 0.5) is 15.8 Å². The molecule has 1 heterocycles. The second-order valence-corrected chi connectivity index (χ2v) is 5.20. The summed E-state index contributed by atoms with van der Waals surface area (Å²) in [6.45, 7) is 5.26. The first-order chi connectivity index (χ1) is 9.81. The monoisotopic (exact) mass is 310 g/mol. The first-order valence-corrected chi connectivity index (χ1v) is 6.76. The predicted octanol–water partition coefficient (Wildman–Crippen LogP) is 3.07. The Hall–Kier alpha value is -2.08. The number of amides is 1. The van der Waals surface area contributed by atoms with Gasteiger partial charge in [-0.15, -0.1) is 0 Å². The number of rotatable bonds is 3. The van der Waals surface area contributed by atoms with E-state index in [4.69, 9.17) is 17.3 Å². The minimum absolute atomic E-state index is 0.168. The quantitative estimate of drug-likeness (QED) is 0.856. The Morgan fingerprint density at radius 1 is 1.48 bits per heavy atom. The van der Waals surface area contributed by atoms with Crippen molar-refractivity contribution in [3.8, 4) is 0 Å². The van der Waals surface area contributed by atoms with Gasteiger partial charge in [-0.05, 0) is 39.0 Å². The van der Waals surface area contributed by atoms with E-state index in [1.807, 2.05) is 0 Å². The molecule has 3 N–H and O–H groups in total. The number of nitrogen functional groups attached to an aromatic ring is 1. The fourth-order valence-corrected chi connectivity index (χ4v) is 2.14. The molecule has 0 spiro atoms. The Labute approximate surface area is 126 Å². The number of anilines is 2. The molecule has 1 aromatic carbocycles. The molecule has 112 valence electrons. The van der Waals surface area contributed by atoms with Crippen LogP contribution in [0.15, 0.2) is 18.2 Å². The zero-order valence-electron chi connectivity index (χ0n) is 11.9. The Bertz CT molecular complexity index is 699. The molecule has 5 nitrogen and oxygen atoms in total.